The van der Waals surface area contributed by atoms with Gasteiger partial charge in [0.1, 0.15) is 6.10 Å². The van der Waals surface area contributed by atoms with E-state index in [1.807, 2.05) is 23.2 Å². The lowest BCUT2D eigenvalue weighted by molar-refractivity contribution is -0.136. The van der Waals surface area contributed by atoms with Gasteiger partial charge in [0.15, 0.2) is 5.82 Å². The van der Waals surface area contributed by atoms with Crippen LogP contribution in [-0.2, 0) is 20.7 Å². The Morgan fingerprint density at radius 1 is 1.37 bits per heavy atom. The molecule has 8 nitrogen and oxygen atoms in total. The number of likely N-dealkylation sites (tertiary alicyclic amines) is 1. The summed E-state index contributed by atoms with van der Waals surface area (Å²) in [6.07, 6.45) is 8.61. The number of ether oxygens (including phenoxy) is 1. The third-order valence-corrected chi connectivity index (χ3v) is 5.28. The molecule has 2 saturated heterocycles. The van der Waals surface area contributed by atoms with Crippen LogP contribution in [0, 0.1) is 5.92 Å². The standard InChI is InChI=1S/C19H23N5O3/c25-18(4-3-14-2-1-6-21-14)24-9-5-13-10-15(27-16(13)12-24)19(26)23-17-11-20-7-8-22-17/h1-2,6-8,11,13,15-16,21H,3-5,9-10,12H2,(H,22,23,26)/t13-,15-,16+/m0/s1. The van der Waals surface area contributed by atoms with Crippen LogP contribution >= 0.6 is 0 Å². The van der Waals surface area contributed by atoms with Crippen molar-refractivity contribution in [1.82, 2.24) is 19.9 Å². The van der Waals surface area contributed by atoms with Crippen LogP contribution in [0.3, 0.4) is 0 Å². The van der Waals surface area contributed by atoms with Gasteiger partial charge in [-0.1, -0.05) is 0 Å². The Morgan fingerprint density at radius 2 is 2.30 bits per heavy atom. The first kappa shape index (κ1) is 17.7. The van der Waals surface area contributed by atoms with Crippen molar-refractivity contribution in [1.29, 1.82) is 0 Å². The average Bonchev–Trinajstić information content (AvgIpc) is 3.35. The summed E-state index contributed by atoms with van der Waals surface area (Å²) < 4.78 is 5.97. The van der Waals surface area contributed by atoms with Crippen molar-refractivity contribution in [3.63, 3.8) is 0 Å². The maximum absolute atomic E-state index is 12.5. The molecule has 2 aromatic heterocycles. The number of aromatic amines is 1. The molecular formula is C19H23N5O3. The van der Waals surface area contributed by atoms with Crippen LogP contribution in [-0.4, -0.2) is 57.0 Å². The number of nitrogens with zero attached hydrogens (tertiary/aromatic N) is 3. The van der Waals surface area contributed by atoms with Gasteiger partial charge in [0.25, 0.3) is 5.91 Å². The third kappa shape index (κ3) is 4.16. The first-order valence-electron chi connectivity index (χ1n) is 9.31. The fourth-order valence-electron chi connectivity index (χ4n) is 3.82. The van der Waals surface area contributed by atoms with Gasteiger partial charge in [0.05, 0.1) is 12.3 Å². The Morgan fingerprint density at radius 3 is 3.07 bits per heavy atom. The maximum Gasteiger partial charge on any atom is 0.254 e. The van der Waals surface area contributed by atoms with Crippen LogP contribution in [0.2, 0.25) is 0 Å². The molecule has 27 heavy (non-hydrogen) atoms. The summed E-state index contributed by atoms with van der Waals surface area (Å²) in [6.45, 7) is 1.29. The van der Waals surface area contributed by atoms with Gasteiger partial charge in [-0.3, -0.25) is 14.6 Å². The lowest BCUT2D eigenvalue weighted by Crippen LogP contribution is -2.45. The molecule has 3 atom stereocenters. The second-order valence-corrected chi connectivity index (χ2v) is 7.06. The number of hydrogen-bond acceptors (Lipinski definition) is 5. The highest BCUT2D eigenvalue weighted by atomic mass is 16.5. The number of nitrogens with one attached hydrogen (secondary N) is 2. The molecule has 2 N–H and O–H groups in total. The lowest BCUT2D eigenvalue weighted by atomic mass is 9.91. The van der Waals surface area contributed by atoms with E-state index in [-0.39, 0.29) is 17.9 Å². The SMILES string of the molecule is O=C(Nc1cnccn1)[C@@H]1C[C@@H]2CCN(C(=O)CCc3ccc[nH]3)C[C@H]2O1. The quantitative estimate of drug-likeness (QED) is 0.829. The molecule has 0 aliphatic carbocycles. The van der Waals surface area contributed by atoms with Gasteiger partial charge in [0.2, 0.25) is 5.91 Å². The topological polar surface area (TPSA) is 100 Å². The molecule has 142 valence electrons. The number of amides is 2. The number of fused-ring (bicyclic) bond motifs is 1. The zero-order chi connectivity index (χ0) is 18.6. The molecule has 2 amide bonds. The number of aryl methyl sites for hydroxylation is 1. The van der Waals surface area contributed by atoms with Crippen LogP contribution in [0.15, 0.2) is 36.9 Å². The summed E-state index contributed by atoms with van der Waals surface area (Å²) in [5.41, 5.74) is 1.07. The van der Waals surface area contributed by atoms with Crippen molar-refractivity contribution in [3.05, 3.63) is 42.6 Å². The normalized spacial score (nSPS) is 24.4. The van der Waals surface area contributed by atoms with Gasteiger partial charge >= 0.3 is 0 Å². The Kier molecular flexibility index (Phi) is 5.15. The highest BCUT2D eigenvalue weighted by Crippen LogP contribution is 2.33. The van der Waals surface area contributed by atoms with Crippen molar-refractivity contribution in [3.8, 4) is 0 Å². The minimum Gasteiger partial charge on any atom is -0.365 e. The summed E-state index contributed by atoms with van der Waals surface area (Å²) in [6, 6.07) is 3.92. The van der Waals surface area contributed by atoms with Gasteiger partial charge in [-0.2, -0.15) is 0 Å². The molecule has 0 spiro atoms. The van der Waals surface area contributed by atoms with Gasteiger partial charge in [-0.05, 0) is 37.3 Å². The van der Waals surface area contributed by atoms with E-state index in [1.54, 1.807) is 6.20 Å². The van der Waals surface area contributed by atoms with Crippen LogP contribution in [0.1, 0.15) is 25.0 Å². The number of carbonyl (C=O) groups excluding carboxylic acids is 2. The first-order valence-corrected chi connectivity index (χ1v) is 9.31. The number of anilines is 1. The molecule has 0 saturated carbocycles. The number of aromatic nitrogens is 3. The number of carbonyl (C=O) groups is 2. The number of rotatable bonds is 5. The number of H-pyrrole nitrogens is 1. The zero-order valence-corrected chi connectivity index (χ0v) is 15.0. The minimum absolute atomic E-state index is 0.0780. The fraction of sp³-hybridized carbons (Fsp3) is 0.474. The van der Waals surface area contributed by atoms with E-state index in [0.29, 0.717) is 37.5 Å². The molecule has 4 rings (SSSR count). The molecule has 2 aromatic rings. The van der Waals surface area contributed by atoms with Crippen LogP contribution in [0.25, 0.3) is 0 Å². The highest BCUT2D eigenvalue weighted by molar-refractivity contribution is 5.93. The fourth-order valence-corrected chi connectivity index (χ4v) is 3.82. The largest absolute Gasteiger partial charge is 0.365 e. The maximum atomic E-state index is 12.5. The molecule has 0 unspecified atom stereocenters. The number of piperidine rings is 1. The van der Waals surface area contributed by atoms with E-state index in [0.717, 1.165) is 18.7 Å². The molecule has 8 heteroatoms. The summed E-state index contributed by atoms with van der Waals surface area (Å²) in [4.78, 5) is 37.9. The summed E-state index contributed by atoms with van der Waals surface area (Å²) in [5, 5.41) is 2.74. The van der Waals surface area contributed by atoms with Crippen molar-refractivity contribution >= 4 is 17.6 Å². The second-order valence-electron chi connectivity index (χ2n) is 7.06. The second kappa shape index (κ2) is 7.87. The zero-order valence-electron chi connectivity index (χ0n) is 15.0. The van der Waals surface area contributed by atoms with E-state index in [1.165, 1.54) is 12.4 Å². The Hall–Kier alpha value is -2.74. The van der Waals surface area contributed by atoms with Gasteiger partial charge in [-0.15, -0.1) is 0 Å². The molecule has 2 aliphatic rings. The van der Waals surface area contributed by atoms with Gasteiger partial charge < -0.3 is 19.9 Å². The van der Waals surface area contributed by atoms with E-state index in [9.17, 15) is 9.59 Å². The molecule has 2 fully saturated rings. The van der Waals surface area contributed by atoms with Crippen molar-refractivity contribution in [2.45, 2.75) is 37.9 Å². The molecule has 2 aliphatic heterocycles. The molecule has 0 bridgehead atoms. The highest BCUT2D eigenvalue weighted by Gasteiger charge is 2.42. The predicted octanol–water partition coefficient (Wildman–Crippen LogP) is 1.38. The Balaban J connectivity index is 1.28. The smallest absolute Gasteiger partial charge is 0.254 e. The van der Waals surface area contributed by atoms with Crippen LogP contribution < -0.4 is 5.32 Å². The third-order valence-electron chi connectivity index (χ3n) is 5.28. The van der Waals surface area contributed by atoms with Gasteiger partial charge in [-0.25, -0.2) is 4.98 Å². The minimum atomic E-state index is -0.504. The van der Waals surface area contributed by atoms with E-state index in [4.69, 9.17) is 4.74 Å². The van der Waals surface area contributed by atoms with Gasteiger partial charge in [0, 0.05) is 43.8 Å². The van der Waals surface area contributed by atoms with E-state index >= 15 is 0 Å². The molecular weight excluding hydrogens is 346 g/mol. The molecule has 0 radical (unpaired) electrons. The predicted molar refractivity (Wildman–Crippen MR) is 97.7 cm³/mol. The van der Waals surface area contributed by atoms with E-state index in [2.05, 4.69) is 20.3 Å². The van der Waals surface area contributed by atoms with Crippen LogP contribution in [0.4, 0.5) is 5.82 Å². The van der Waals surface area contributed by atoms with E-state index < -0.39 is 6.10 Å². The molecule has 4 heterocycles. The average molecular weight is 369 g/mol. The van der Waals surface area contributed by atoms with Crippen molar-refractivity contribution in [2.24, 2.45) is 5.92 Å². The Labute approximate surface area is 157 Å². The number of hydrogen-bond donors (Lipinski definition) is 2. The monoisotopic (exact) mass is 369 g/mol. The van der Waals surface area contributed by atoms with Crippen LogP contribution in [0.5, 0.6) is 0 Å². The summed E-state index contributed by atoms with van der Waals surface area (Å²) in [5.74, 6) is 0.672. The van der Waals surface area contributed by atoms with Crippen molar-refractivity contribution in [2.75, 3.05) is 18.4 Å². The first-order chi connectivity index (χ1) is 13.2. The molecule has 0 aromatic carbocycles. The Bertz CT molecular complexity index is 780. The lowest BCUT2D eigenvalue weighted by Gasteiger charge is -2.34. The van der Waals surface area contributed by atoms with Crippen molar-refractivity contribution < 1.29 is 14.3 Å². The summed E-state index contributed by atoms with van der Waals surface area (Å²) >= 11 is 0. The summed E-state index contributed by atoms with van der Waals surface area (Å²) in [7, 11) is 0.